The van der Waals surface area contributed by atoms with Crippen molar-refractivity contribution in [2.45, 2.75) is 25.0 Å². The van der Waals surface area contributed by atoms with Gasteiger partial charge in [0.15, 0.2) is 0 Å². The Balaban J connectivity index is 1.95. The van der Waals surface area contributed by atoms with Crippen molar-refractivity contribution in [1.29, 1.82) is 0 Å². The molecular weight excluding hydrogens is 210 g/mol. The first-order valence-electron chi connectivity index (χ1n) is 5.46. The lowest BCUT2D eigenvalue weighted by atomic mass is 10.0. The lowest BCUT2D eigenvalue weighted by Crippen LogP contribution is -2.49. The molecule has 0 aromatic heterocycles. The normalized spacial score (nSPS) is 28.1. The number of aliphatic hydroxyl groups excluding tert-OH is 1. The molecule has 1 saturated heterocycles. The van der Waals surface area contributed by atoms with Crippen LogP contribution in [0, 0.1) is 0 Å². The van der Waals surface area contributed by atoms with Crippen molar-refractivity contribution in [2.24, 2.45) is 0 Å². The number of carbonyl (C=O) groups excluding carboxylic acids is 1. The third-order valence-corrected chi connectivity index (χ3v) is 3.06. The van der Waals surface area contributed by atoms with E-state index in [0.29, 0.717) is 6.04 Å². The minimum Gasteiger partial charge on any atom is -0.385 e. The molecule has 2 rings (SSSR count). The standard InChI is InChI=1S/C10H17N3O3/c1-11-8-2-3-12-4-5-13(9(12)6-8)16-10(15)7-14/h4-5,8-9,11,14H,2-3,6-7H2,1H3/t8-,9?/m1/s1. The molecule has 6 nitrogen and oxygen atoms in total. The summed E-state index contributed by atoms with van der Waals surface area (Å²) in [5.74, 6) is -0.627. The number of carbonyl (C=O) groups is 1. The molecule has 2 aliphatic rings. The van der Waals surface area contributed by atoms with Crippen LogP contribution >= 0.6 is 0 Å². The number of piperidine rings is 1. The van der Waals surface area contributed by atoms with Crippen molar-refractivity contribution < 1.29 is 14.7 Å². The highest BCUT2D eigenvalue weighted by atomic mass is 16.7. The van der Waals surface area contributed by atoms with Gasteiger partial charge in [0.05, 0.1) is 6.20 Å². The van der Waals surface area contributed by atoms with Crippen molar-refractivity contribution in [3.05, 3.63) is 12.4 Å². The van der Waals surface area contributed by atoms with Gasteiger partial charge in [-0.1, -0.05) is 0 Å². The fourth-order valence-corrected chi connectivity index (χ4v) is 2.14. The Morgan fingerprint density at radius 3 is 3.12 bits per heavy atom. The molecule has 0 aromatic rings. The summed E-state index contributed by atoms with van der Waals surface area (Å²) in [6.45, 7) is 0.354. The van der Waals surface area contributed by atoms with Crippen LogP contribution in [0.3, 0.4) is 0 Å². The average molecular weight is 227 g/mol. The quantitative estimate of drug-likeness (QED) is 0.660. The summed E-state index contributed by atoms with van der Waals surface area (Å²) >= 11 is 0. The molecule has 90 valence electrons. The van der Waals surface area contributed by atoms with Gasteiger partial charge in [0.25, 0.3) is 0 Å². The molecule has 0 aliphatic carbocycles. The fourth-order valence-electron chi connectivity index (χ4n) is 2.14. The maximum absolute atomic E-state index is 11.0. The monoisotopic (exact) mass is 227 g/mol. The van der Waals surface area contributed by atoms with E-state index in [1.54, 1.807) is 6.20 Å². The summed E-state index contributed by atoms with van der Waals surface area (Å²) in [6, 6.07) is 0.441. The van der Waals surface area contributed by atoms with Gasteiger partial charge in [-0.15, -0.1) is 0 Å². The molecule has 0 spiro atoms. The molecule has 16 heavy (non-hydrogen) atoms. The minimum absolute atomic E-state index is 0.0571. The molecule has 1 unspecified atom stereocenters. The maximum atomic E-state index is 11.0. The van der Waals surface area contributed by atoms with Crippen molar-refractivity contribution in [3.8, 4) is 0 Å². The first-order valence-corrected chi connectivity index (χ1v) is 5.46. The zero-order valence-electron chi connectivity index (χ0n) is 9.30. The van der Waals surface area contributed by atoms with E-state index >= 15 is 0 Å². The molecule has 1 fully saturated rings. The van der Waals surface area contributed by atoms with E-state index in [1.165, 1.54) is 5.06 Å². The SMILES string of the molecule is CN[C@@H]1CCN2C=CN(OC(=O)CO)C2C1. The van der Waals surface area contributed by atoms with E-state index in [4.69, 9.17) is 9.94 Å². The van der Waals surface area contributed by atoms with Crippen molar-refractivity contribution >= 4 is 5.97 Å². The number of rotatable bonds is 3. The van der Waals surface area contributed by atoms with Gasteiger partial charge >= 0.3 is 5.97 Å². The van der Waals surface area contributed by atoms with Gasteiger partial charge in [-0.05, 0) is 13.5 Å². The van der Waals surface area contributed by atoms with Gasteiger partial charge in [-0.3, -0.25) is 0 Å². The number of fused-ring (bicyclic) bond motifs is 1. The highest BCUT2D eigenvalue weighted by Gasteiger charge is 2.34. The largest absolute Gasteiger partial charge is 0.385 e. The molecule has 0 aromatic carbocycles. The van der Waals surface area contributed by atoms with Crippen LogP contribution in [0.2, 0.25) is 0 Å². The first kappa shape index (κ1) is 11.2. The van der Waals surface area contributed by atoms with Crippen LogP contribution in [0.5, 0.6) is 0 Å². The number of hydrogen-bond donors (Lipinski definition) is 2. The lowest BCUT2D eigenvalue weighted by Gasteiger charge is -2.38. The summed E-state index contributed by atoms with van der Waals surface area (Å²) in [6.07, 6.45) is 5.68. The minimum atomic E-state index is -0.627. The molecule has 0 radical (unpaired) electrons. The Morgan fingerprint density at radius 1 is 1.62 bits per heavy atom. The smallest absolute Gasteiger partial charge is 0.357 e. The molecule has 0 bridgehead atoms. The van der Waals surface area contributed by atoms with Crippen LogP contribution in [0.1, 0.15) is 12.8 Å². The van der Waals surface area contributed by atoms with Crippen LogP contribution < -0.4 is 5.32 Å². The first-order chi connectivity index (χ1) is 7.74. The summed E-state index contributed by atoms with van der Waals surface area (Å²) in [5, 5.41) is 13.4. The Labute approximate surface area is 94.4 Å². The Bertz CT molecular complexity index is 295. The molecule has 0 amide bonds. The highest BCUT2D eigenvalue weighted by Crippen LogP contribution is 2.26. The van der Waals surface area contributed by atoms with Crippen molar-refractivity contribution in [3.63, 3.8) is 0 Å². The van der Waals surface area contributed by atoms with Crippen LogP contribution in [0.4, 0.5) is 0 Å². The number of hydroxylamine groups is 2. The Hall–Kier alpha value is -1.27. The molecule has 6 heteroatoms. The van der Waals surface area contributed by atoms with E-state index < -0.39 is 12.6 Å². The van der Waals surface area contributed by atoms with Gasteiger partial charge in [-0.25, -0.2) is 4.79 Å². The Morgan fingerprint density at radius 2 is 2.44 bits per heavy atom. The van der Waals surface area contributed by atoms with Crippen molar-refractivity contribution in [2.75, 3.05) is 20.2 Å². The van der Waals surface area contributed by atoms with Gasteiger partial charge in [-0.2, -0.15) is 5.06 Å². The van der Waals surface area contributed by atoms with Gasteiger partial charge in [0, 0.05) is 25.2 Å². The molecule has 2 aliphatic heterocycles. The van der Waals surface area contributed by atoms with Gasteiger partial charge in [0.1, 0.15) is 12.8 Å². The summed E-state index contributed by atoms with van der Waals surface area (Å²) in [5.41, 5.74) is 0. The number of nitrogens with zero attached hydrogens (tertiary/aromatic N) is 2. The van der Waals surface area contributed by atoms with Crippen LogP contribution in [0.25, 0.3) is 0 Å². The third-order valence-electron chi connectivity index (χ3n) is 3.06. The maximum Gasteiger partial charge on any atom is 0.357 e. The number of nitrogens with one attached hydrogen (secondary N) is 1. The van der Waals surface area contributed by atoms with Crippen LogP contribution in [0.15, 0.2) is 12.4 Å². The van der Waals surface area contributed by atoms with Crippen LogP contribution in [-0.2, 0) is 9.63 Å². The van der Waals surface area contributed by atoms with E-state index in [-0.39, 0.29) is 6.17 Å². The number of hydrogen-bond acceptors (Lipinski definition) is 6. The average Bonchev–Trinajstić information content (AvgIpc) is 2.71. The topological polar surface area (TPSA) is 65.0 Å². The van der Waals surface area contributed by atoms with E-state index in [9.17, 15) is 4.79 Å². The van der Waals surface area contributed by atoms with E-state index in [1.807, 2.05) is 13.2 Å². The second-order valence-electron chi connectivity index (χ2n) is 4.01. The van der Waals surface area contributed by atoms with Crippen molar-refractivity contribution in [1.82, 2.24) is 15.3 Å². The molecule has 2 heterocycles. The zero-order valence-corrected chi connectivity index (χ0v) is 9.30. The Kier molecular flexibility index (Phi) is 3.31. The molecule has 2 N–H and O–H groups in total. The summed E-state index contributed by atoms with van der Waals surface area (Å²) < 4.78 is 0. The molecule has 2 atom stereocenters. The molecular formula is C10H17N3O3. The van der Waals surface area contributed by atoms with E-state index in [0.717, 1.165) is 19.4 Å². The zero-order chi connectivity index (χ0) is 11.5. The van der Waals surface area contributed by atoms with Crippen LogP contribution in [-0.4, -0.2) is 53.4 Å². The summed E-state index contributed by atoms with van der Waals surface area (Å²) in [7, 11) is 1.94. The lowest BCUT2D eigenvalue weighted by molar-refractivity contribution is -0.198. The fraction of sp³-hybridized carbons (Fsp3) is 0.700. The predicted molar refractivity (Wildman–Crippen MR) is 56.7 cm³/mol. The van der Waals surface area contributed by atoms with E-state index in [2.05, 4.69) is 10.2 Å². The van der Waals surface area contributed by atoms with Gasteiger partial charge < -0.3 is 20.2 Å². The van der Waals surface area contributed by atoms with Gasteiger partial charge in [0.2, 0.25) is 0 Å². The predicted octanol–water partition coefficient (Wildman–Crippen LogP) is -0.766. The number of aliphatic hydroxyl groups is 1. The second-order valence-corrected chi connectivity index (χ2v) is 4.01. The summed E-state index contributed by atoms with van der Waals surface area (Å²) in [4.78, 5) is 18.2. The molecule has 0 saturated carbocycles. The third kappa shape index (κ3) is 2.12. The highest BCUT2D eigenvalue weighted by molar-refractivity contribution is 5.70. The second kappa shape index (κ2) is 4.71.